The van der Waals surface area contributed by atoms with Crippen molar-refractivity contribution >= 4 is 23.1 Å². The highest BCUT2D eigenvalue weighted by molar-refractivity contribution is 7.08. The van der Waals surface area contributed by atoms with Gasteiger partial charge in [-0.3, -0.25) is 5.10 Å². The molecule has 106 valence electrons. The van der Waals surface area contributed by atoms with Gasteiger partial charge in [0.2, 0.25) is 0 Å². The largest absolute Gasteiger partial charge is 0.324 e. The molecule has 2 amide bonds. The van der Waals surface area contributed by atoms with Crippen molar-refractivity contribution in [2.45, 2.75) is 26.2 Å². The number of nitrogens with one attached hydrogen (secondary N) is 2. The first-order valence-electron chi connectivity index (χ1n) is 6.61. The number of urea groups is 1. The summed E-state index contributed by atoms with van der Waals surface area (Å²) in [5.74, 6) is 1.86. The first kappa shape index (κ1) is 13.1. The van der Waals surface area contributed by atoms with Crippen LogP contribution in [-0.2, 0) is 0 Å². The number of nitrogens with zero attached hydrogens (tertiary/aromatic N) is 3. The molecule has 2 aromatic heterocycles. The van der Waals surface area contributed by atoms with Crippen molar-refractivity contribution in [3.8, 4) is 0 Å². The van der Waals surface area contributed by atoms with Gasteiger partial charge in [0.25, 0.3) is 0 Å². The number of aryl methyl sites for hydroxylation is 2. The Labute approximate surface area is 121 Å². The number of rotatable bonds is 2. The van der Waals surface area contributed by atoms with Gasteiger partial charge in [-0.05, 0) is 31.2 Å². The van der Waals surface area contributed by atoms with Crippen molar-refractivity contribution in [3.63, 3.8) is 0 Å². The first-order chi connectivity index (χ1) is 9.63. The van der Waals surface area contributed by atoms with Crippen LogP contribution in [0.4, 0.5) is 10.5 Å². The van der Waals surface area contributed by atoms with Crippen LogP contribution in [-0.4, -0.2) is 39.2 Å². The van der Waals surface area contributed by atoms with Crippen LogP contribution in [0.1, 0.15) is 29.6 Å². The van der Waals surface area contributed by atoms with E-state index in [2.05, 4.69) is 20.5 Å². The van der Waals surface area contributed by atoms with Gasteiger partial charge in [0.15, 0.2) is 5.82 Å². The van der Waals surface area contributed by atoms with Gasteiger partial charge in [-0.1, -0.05) is 0 Å². The number of aromatic nitrogens is 3. The second kappa shape index (κ2) is 5.24. The summed E-state index contributed by atoms with van der Waals surface area (Å²) >= 11 is 1.59. The molecular weight excluding hydrogens is 274 g/mol. The smallest absolute Gasteiger partial charge is 0.321 e. The average Bonchev–Trinajstić information content (AvgIpc) is 3.11. The van der Waals surface area contributed by atoms with Crippen LogP contribution >= 0.6 is 11.3 Å². The van der Waals surface area contributed by atoms with Crippen LogP contribution in [0, 0.1) is 13.8 Å². The number of likely N-dealkylation sites (tertiary alicyclic amines) is 1. The molecule has 1 unspecified atom stereocenters. The molecule has 2 N–H and O–H groups in total. The van der Waals surface area contributed by atoms with Gasteiger partial charge in [0.05, 0.1) is 5.69 Å². The Kier molecular flexibility index (Phi) is 3.43. The van der Waals surface area contributed by atoms with E-state index in [0.717, 1.165) is 35.9 Å². The maximum absolute atomic E-state index is 12.2. The topological polar surface area (TPSA) is 73.9 Å². The minimum atomic E-state index is -0.0405. The van der Waals surface area contributed by atoms with Crippen LogP contribution < -0.4 is 5.32 Å². The molecule has 20 heavy (non-hydrogen) atoms. The zero-order valence-electron chi connectivity index (χ0n) is 11.5. The first-order valence-corrected chi connectivity index (χ1v) is 7.55. The van der Waals surface area contributed by atoms with Crippen LogP contribution in [0.3, 0.4) is 0 Å². The molecule has 0 spiro atoms. The molecule has 0 saturated carbocycles. The Morgan fingerprint density at radius 1 is 1.50 bits per heavy atom. The second-order valence-corrected chi connectivity index (χ2v) is 5.85. The van der Waals surface area contributed by atoms with Gasteiger partial charge in [-0.2, -0.15) is 5.10 Å². The Balaban J connectivity index is 1.62. The number of hydrogen-bond acceptors (Lipinski definition) is 4. The lowest BCUT2D eigenvalue weighted by Gasteiger charge is -2.16. The summed E-state index contributed by atoms with van der Waals surface area (Å²) in [6, 6.07) is -0.0405. The number of aromatic amines is 1. The molecule has 1 fully saturated rings. The third-order valence-corrected chi connectivity index (χ3v) is 4.41. The molecule has 3 rings (SSSR count). The number of thiophene rings is 1. The average molecular weight is 291 g/mol. The van der Waals surface area contributed by atoms with Gasteiger partial charge in [-0.15, -0.1) is 11.3 Å². The van der Waals surface area contributed by atoms with Gasteiger partial charge in [0.1, 0.15) is 5.82 Å². The quantitative estimate of drug-likeness (QED) is 0.892. The van der Waals surface area contributed by atoms with Crippen LogP contribution in [0.2, 0.25) is 0 Å². The zero-order valence-corrected chi connectivity index (χ0v) is 12.3. The van der Waals surface area contributed by atoms with Crippen LogP contribution in [0.25, 0.3) is 0 Å². The lowest BCUT2D eigenvalue weighted by molar-refractivity contribution is 0.222. The Hall–Kier alpha value is -1.89. The molecule has 0 bridgehead atoms. The predicted octanol–water partition coefficient (Wildman–Crippen LogP) is 2.50. The number of anilines is 1. The number of carbonyl (C=O) groups excluding carboxylic acids is 1. The molecular formula is C13H17N5OS. The van der Waals surface area contributed by atoms with E-state index < -0.39 is 0 Å². The van der Waals surface area contributed by atoms with E-state index in [9.17, 15) is 4.79 Å². The summed E-state index contributed by atoms with van der Waals surface area (Å²) in [5.41, 5.74) is 2.00. The van der Waals surface area contributed by atoms with Crippen molar-refractivity contribution < 1.29 is 4.79 Å². The summed E-state index contributed by atoms with van der Waals surface area (Å²) in [7, 11) is 0. The summed E-state index contributed by atoms with van der Waals surface area (Å²) in [6.45, 7) is 5.30. The van der Waals surface area contributed by atoms with E-state index in [0.29, 0.717) is 6.54 Å². The molecule has 0 aliphatic carbocycles. The number of carbonyl (C=O) groups is 1. The lowest BCUT2D eigenvalue weighted by atomic mass is 10.1. The van der Waals surface area contributed by atoms with Gasteiger partial charge in [0, 0.05) is 24.4 Å². The number of amides is 2. The van der Waals surface area contributed by atoms with E-state index in [4.69, 9.17) is 0 Å². The van der Waals surface area contributed by atoms with E-state index in [1.807, 2.05) is 29.5 Å². The highest BCUT2D eigenvalue weighted by Crippen LogP contribution is 2.26. The Morgan fingerprint density at radius 3 is 3.00 bits per heavy atom. The van der Waals surface area contributed by atoms with Crippen molar-refractivity contribution in [3.05, 3.63) is 28.0 Å². The van der Waals surface area contributed by atoms with Crippen LogP contribution in [0.15, 0.2) is 10.8 Å². The Morgan fingerprint density at radius 2 is 2.35 bits per heavy atom. The third-order valence-electron chi connectivity index (χ3n) is 3.55. The fourth-order valence-electron chi connectivity index (χ4n) is 2.38. The van der Waals surface area contributed by atoms with Crippen molar-refractivity contribution in [2.75, 3.05) is 18.4 Å². The lowest BCUT2D eigenvalue weighted by Crippen LogP contribution is -2.32. The van der Waals surface area contributed by atoms with E-state index >= 15 is 0 Å². The molecule has 6 nitrogen and oxygen atoms in total. The Bertz CT molecular complexity index is 620. The summed E-state index contributed by atoms with van der Waals surface area (Å²) in [6.07, 6.45) is 0.910. The van der Waals surface area contributed by atoms with Crippen molar-refractivity contribution in [1.29, 1.82) is 0 Å². The maximum Gasteiger partial charge on any atom is 0.321 e. The van der Waals surface area contributed by atoms with E-state index in [-0.39, 0.29) is 11.9 Å². The van der Waals surface area contributed by atoms with Gasteiger partial charge in [-0.25, -0.2) is 9.78 Å². The molecule has 1 atom stereocenters. The molecule has 2 aromatic rings. The molecule has 1 aliphatic rings. The monoisotopic (exact) mass is 291 g/mol. The fraction of sp³-hybridized carbons (Fsp3) is 0.462. The summed E-state index contributed by atoms with van der Waals surface area (Å²) in [5, 5.41) is 14.0. The number of H-pyrrole nitrogens is 1. The van der Waals surface area contributed by atoms with E-state index in [1.165, 1.54) is 0 Å². The molecule has 0 aromatic carbocycles. The van der Waals surface area contributed by atoms with Crippen molar-refractivity contribution in [1.82, 2.24) is 20.1 Å². The van der Waals surface area contributed by atoms with Crippen molar-refractivity contribution in [2.24, 2.45) is 0 Å². The minimum absolute atomic E-state index is 0.0405. The molecule has 0 radical (unpaired) electrons. The minimum Gasteiger partial charge on any atom is -0.324 e. The number of hydrogen-bond donors (Lipinski definition) is 2. The fourth-order valence-corrected chi connectivity index (χ4v) is 3.16. The molecule has 1 saturated heterocycles. The molecule has 7 heteroatoms. The normalized spacial score (nSPS) is 18.5. The van der Waals surface area contributed by atoms with E-state index in [1.54, 1.807) is 11.3 Å². The highest BCUT2D eigenvalue weighted by Gasteiger charge is 2.29. The summed E-state index contributed by atoms with van der Waals surface area (Å²) in [4.78, 5) is 18.4. The van der Waals surface area contributed by atoms with Crippen LogP contribution in [0.5, 0.6) is 0 Å². The second-order valence-electron chi connectivity index (χ2n) is 5.11. The van der Waals surface area contributed by atoms with Gasteiger partial charge >= 0.3 is 6.03 Å². The highest BCUT2D eigenvalue weighted by atomic mass is 32.1. The third kappa shape index (κ3) is 2.53. The standard InChI is InChI=1S/C13H17N5OS/c1-8-6-20-7-11(8)15-13(19)18-4-3-10(5-18)12-14-9(2)16-17-12/h6-7,10H,3-5H2,1-2H3,(H,15,19)(H,14,16,17). The predicted molar refractivity (Wildman–Crippen MR) is 78.1 cm³/mol. The SMILES string of the molecule is Cc1nc(C2CCN(C(=O)Nc3cscc3C)C2)n[nH]1. The maximum atomic E-state index is 12.2. The zero-order chi connectivity index (χ0) is 14.1. The molecule has 1 aliphatic heterocycles. The van der Waals surface area contributed by atoms with Gasteiger partial charge < -0.3 is 10.2 Å². The molecule has 3 heterocycles. The summed E-state index contributed by atoms with van der Waals surface area (Å²) < 4.78 is 0.